The molecule has 1 saturated heterocycles. The molecule has 0 radical (unpaired) electrons. The van der Waals surface area contributed by atoms with Crippen molar-refractivity contribution in [1.29, 1.82) is 0 Å². The highest BCUT2D eigenvalue weighted by molar-refractivity contribution is 8.01. The molecule has 2 aromatic heterocycles. The van der Waals surface area contributed by atoms with Gasteiger partial charge < -0.3 is 25.3 Å². The first kappa shape index (κ1) is 28.0. The van der Waals surface area contributed by atoms with Crippen LogP contribution in [0, 0.1) is 0 Å². The molecule has 2 aliphatic heterocycles. The van der Waals surface area contributed by atoms with E-state index in [0.29, 0.717) is 17.1 Å². The van der Waals surface area contributed by atoms with Crippen molar-refractivity contribution in [3.63, 3.8) is 0 Å². The van der Waals surface area contributed by atoms with Gasteiger partial charge in [-0.1, -0.05) is 16.9 Å². The number of carboxylic acid groups (broad SMARTS) is 1. The number of aromatic amines is 1. The number of carbonyl (C=O) groups excluding carboxylic acids is 4. The van der Waals surface area contributed by atoms with Gasteiger partial charge in [-0.05, 0) is 17.7 Å². The Balaban J connectivity index is 1.49. The van der Waals surface area contributed by atoms with Crippen molar-refractivity contribution in [3.8, 4) is 0 Å². The van der Waals surface area contributed by atoms with Crippen LogP contribution in [0.3, 0.4) is 0 Å². The van der Waals surface area contributed by atoms with Crippen molar-refractivity contribution in [2.24, 2.45) is 5.16 Å². The molecule has 0 bridgehead atoms. The van der Waals surface area contributed by atoms with Gasteiger partial charge in [0.15, 0.2) is 10.8 Å². The summed E-state index contributed by atoms with van der Waals surface area (Å²) in [5.74, 6) is -2.99. The van der Waals surface area contributed by atoms with Gasteiger partial charge in [-0.2, -0.15) is 5.21 Å². The summed E-state index contributed by atoms with van der Waals surface area (Å²) in [6, 6.07) is -1.07. The number of hydrogen-bond donors (Lipinski definition) is 4. The van der Waals surface area contributed by atoms with Gasteiger partial charge in [0.25, 0.3) is 11.8 Å². The topological polar surface area (TPSA) is 231 Å². The standard InChI is InChI=1S/C19H19N9O8S3/c1-2-35-10(30)3-36-25-11(9-6-39-18(21-9)20-7-29)14(31)22-12-15(32)28-13(17(33)34)8(4-37-16(12)28)5-38-19-23-26-27-24-19/h6-7,12,16H,2-5H2,1H3,(H,22,31)(H,33,34)(H,20,21,29)(H,23,24,26,27)/t12?,16-/m1/s1. The molecular formula is C19H19N9O8S3. The molecule has 2 aromatic rings. The predicted molar refractivity (Wildman–Crippen MR) is 136 cm³/mol. The highest BCUT2D eigenvalue weighted by Crippen LogP contribution is 2.41. The fraction of sp³-hybridized carbons (Fsp3) is 0.368. The van der Waals surface area contributed by atoms with Gasteiger partial charge in [0.1, 0.15) is 22.8 Å². The zero-order valence-corrected chi connectivity index (χ0v) is 22.3. The fourth-order valence-electron chi connectivity index (χ4n) is 3.43. The quantitative estimate of drug-likeness (QED) is 0.0544. The minimum atomic E-state index is -1.28. The first-order valence-corrected chi connectivity index (χ1v) is 13.8. The summed E-state index contributed by atoms with van der Waals surface area (Å²) in [5, 5.41) is 33.0. The fourth-order valence-corrected chi connectivity index (χ4v) is 6.30. The normalized spacial score (nSPS) is 18.6. The number of thioether (sulfide) groups is 2. The number of nitrogens with zero attached hydrogens (tertiary/aromatic N) is 6. The molecule has 206 valence electrons. The number of β-lactam (4-membered cyclic amide) rings is 1. The van der Waals surface area contributed by atoms with Crippen LogP contribution in [-0.4, -0.2) is 108 Å². The Morgan fingerprint density at radius 1 is 1.41 bits per heavy atom. The number of tetrazole rings is 1. The minimum absolute atomic E-state index is 0.0116. The van der Waals surface area contributed by atoms with Crippen LogP contribution in [-0.2, 0) is 33.5 Å². The Hall–Kier alpha value is -4.04. The molecule has 4 rings (SSSR count). The van der Waals surface area contributed by atoms with Gasteiger partial charge in [0, 0.05) is 16.9 Å². The number of rotatable bonds is 13. The number of fused-ring (bicyclic) bond motifs is 1. The number of nitrogens with one attached hydrogen (secondary N) is 3. The zero-order valence-electron chi connectivity index (χ0n) is 19.9. The number of oxime groups is 1. The number of thiazole rings is 1. The van der Waals surface area contributed by atoms with E-state index >= 15 is 0 Å². The van der Waals surface area contributed by atoms with Crippen LogP contribution in [0.4, 0.5) is 5.13 Å². The molecule has 20 heteroatoms. The molecule has 2 aliphatic rings. The molecule has 0 spiro atoms. The van der Waals surface area contributed by atoms with Crippen molar-refractivity contribution >= 4 is 75.9 Å². The van der Waals surface area contributed by atoms with E-state index in [4.69, 9.17) is 9.57 Å². The maximum atomic E-state index is 13.2. The van der Waals surface area contributed by atoms with Crippen molar-refractivity contribution in [2.75, 3.05) is 30.0 Å². The third-order valence-corrected chi connectivity index (χ3v) is 8.06. The van der Waals surface area contributed by atoms with Crippen LogP contribution >= 0.6 is 34.9 Å². The molecule has 1 fully saturated rings. The Morgan fingerprint density at radius 2 is 2.23 bits per heavy atom. The molecule has 4 N–H and O–H groups in total. The number of aromatic nitrogens is 5. The van der Waals surface area contributed by atoms with Crippen molar-refractivity contribution in [3.05, 3.63) is 22.3 Å². The average Bonchev–Trinajstić information content (AvgIpc) is 3.60. The Bertz CT molecular complexity index is 1330. The lowest BCUT2D eigenvalue weighted by atomic mass is 10.0. The van der Waals surface area contributed by atoms with E-state index < -0.39 is 41.8 Å². The van der Waals surface area contributed by atoms with Crippen molar-refractivity contribution in [1.82, 2.24) is 35.8 Å². The largest absolute Gasteiger partial charge is 0.477 e. The summed E-state index contributed by atoms with van der Waals surface area (Å²) >= 11 is 3.44. The molecule has 2 atom stereocenters. The third kappa shape index (κ3) is 6.34. The maximum absolute atomic E-state index is 13.2. The molecule has 0 saturated carbocycles. The Kier molecular flexibility index (Phi) is 9.09. The van der Waals surface area contributed by atoms with E-state index in [2.05, 4.69) is 41.4 Å². The summed E-state index contributed by atoms with van der Waals surface area (Å²) in [6.07, 6.45) is 0.404. The highest BCUT2D eigenvalue weighted by atomic mass is 32.2. The number of amides is 3. The number of aliphatic carboxylic acids is 1. The Morgan fingerprint density at radius 3 is 2.92 bits per heavy atom. The number of ether oxygens (including phenoxy) is 1. The van der Waals surface area contributed by atoms with E-state index in [1.807, 2.05) is 0 Å². The lowest BCUT2D eigenvalue weighted by Crippen LogP contribution is -2.71. The van der Waals surface area contributed by atoms with Gasteiger partial charge in [0.2, 0.25) is 18.2 Å². The molecule has 17 nitrogen and oxygen atoms in total. The van der Waals surface area contributed by atoms with E-state index in [0.717, 1.165) is 28.0 Å². The zero-order chi connectivity index (χ0) is 27.9. The number of esters is 1. The van der Waals surface area contributed by atoms with Crippen LogP contribution in [0.1, 0.15) is 12.6 Å². The summed E-state index contributed by atoms with van der Waals surface area (Å²) in [6.45, 7) is 1.15. The van der Waals surface area contributed by atoms with E-state index in [1.165, 1.54) is 17.1 Å². The van der Waals surface area contributed by atoms with Gasteiger partial charge >= 0.3 is 11.9 Å². The summed E-state index contributed by atoms with van der Waals surface area (Å²) in [4.78, 5) is 70.7. The van der Waals surface area contributed by atoms with Crippen LogP contribution in [0.2, 0.25) is 0 Å². The number of carboxylic acids is 1. The van der Waals surface area contributed by atoms with Crippen LogP contribution in [0.15, 0.2) is 27.0 Å². The highest BCUT2D eigenvalue weighted by Gasteiger charge is 2.54. The first-order chi connectivity index (χ1) is 18.8. The first-order valence-electron chi connectivity index (χ1n) is 10.9. The lowest BCUT2D eigenvalue weighted by Gasteiger charge is -2.49. The number of anilines is 1. The summed E-state index contributed by atoms with van der Waals surface area (Å²) in [7, 11) is 0. The second kappa shape index (κ2) is 12.7. The second-order valence-corrected chi connectivity index (χ2v) is 10.3. The number of hydrogen-bond acceptors (Lipinski definition) is 15. The minimum Gasteiger partial charge on any atom is -0.477 e. The molecule has 3 amide bonds. The molecule has 1 unspecified atom stereocenters. The predicted octanol–water partition coefficient (Wildman–Crippen LogP) is -0.961. The van der Waals surface area contributed by atoms with E-state index in [-0.39, 0.29) is 40.3 Å². The van der Waals surface area contributed by atoms with Crippen molar-refractivity contribution in [2.45, 2.75) is 23.5 Å². The van der Waals surface area contributed by atoms with Crippen molar-refractivity contribution < 1.29 is 38.7 Å². The van der Waals surface area contributed by atoms with Gasteiger partial charge in [0.05, 0.1) is 6.61 Å². The molecule has 0 aromatic carbocycles. The average molecular weight is 598 g/mol. The third-order valence-electron chi connectivity index (χ3n) is 5.03. The molecule has 39 heavy (non-hydrogen) atoms. The Labute approximate surface area is 231 Å². The smallest absolute Gasteiger partial charge is 0.352 e. The second-order valence-electron chi connectivity index (χ2n) is 7.42. The molecule has 4 heterocycles. The monoisotopic (exact) mass is 597 g/mol. The number of H-pyrrole nitrogens is 1. The van der Waals surface area contributed by atoms with Gasteiger partial charge in [-0.25, -0.2) is 14.6 Å². The van der Waals surface area contributed by atoms with Crippen LogP contribution in [0.25, 0.3) is 0 Å². The lowest BCUT2D eigenvalue weighted by molar-refractivity contribution is -0.150. The van der Waals surface area contributed by atoms with Crippen LogP contribution < -0.4 is 10.6 Å². The van der Waals surface area contributed by atoms with E-state index in [9.17, 15) is 29.1 Å². The molecule has 0 aliphatic carbocycles. The number of carbonyl (C=O) groups is 5. The SMILES string of the molecule is CCOC(=O)CON=C(C(=O)NC1C(=O)N2C(C(=O)O)=C(CSc3nn[nH]n3)CS[C@H]12)c1csc(NC=O)n1. The van der Waals surface area contributed by atoms with E-state index in [1.54, 1.807) is 6.92 Å². The van der Waals surface area contributed by atoms with Gasteiger partial charge in [-0.15, -0.1) is 33.3 Å². The maximum Gasteiger partial charge on any atom is 0.352 e. The van der Waals surface area contributed by atoms with Gasteiger partial charge in [-0.3, -0.25) is 19.3 Å². The molecular weight excluding hydrogens is 578 g/mol. The summed E-state index contributed by atoms with van der Waals surface area (Å²) < 4.78 is 4.75. The summed E-state index contributed by atoms with van der Waals surface area (Å²) in [5.41, 5.74) is -0.0322. The van der Waals surface area contributed by atoms with Crippen LogP contribution in [0.5, 0.6) is 0 Å².